The molecule has 1 aromatic heterocycles. The number of esters is 1. The third-order valence-electron chi connectivity index (χ3n) is 10.7. The van der Waals surface area contributed by atoms with Crippen molar-refractivity contribution in [2.45, 2.75) is 119 Å². The van der Waals surface area contributed by atoms with Crippen molar-refractivity contribution in [1.82, 2.24) is 36.7 Å². The molecule has 3 aromatic rings. The molecule has 0 aliphatic rings. The molecular weight excluding hydrogens is 833 g/mol. The van der Waals surface area contributed by atoms with E-state index in [9.17, 15) is 28.8 Å². The van der Waals surface area contributed by atoms with Crippen molar-refractivity contribution in [3.05, 3.63) is 90.1 Å². The molecular formula is C48H70N8O9. The fraction of sp³-hybridized carbons (Fsp3) is 0.521. The van der Waals surface area contributed by atoms with E-state index in [2.05, 4.69) is 31.7 Å². The van der Waals surface area contributed by atoms with Crippen LogP contribution in [0, 0.1) is 22.7 Å². The number of pyridine rings is 1. The summed E-state index contributed by atoms with van der Waals surface area (Å²) in [4.78, 5) is 86.2. The van der Waals surface area contributed by atoms with E-state index in [1.165, 1.54) is 14.2 Å². The number of hydrazine groups is 1. The van der Waals surface area contributed by atoms with Gasteiger partial charge in [0.2, 0.25) is 11.8 Å². The van der Waals surface area contributed by atoms with Gasteiger partial charge in [0.05, 0.1) is 38.5 Å². The highest BCUT2D eigenvalue weighted by Crippen LogP contribution is 2.24. The molecule has 0 saturated heterocycles. The number of carbonyl (C=O) groups is 6. The molecule has 0 aliphatic carbocycles. The molecule has 0 radical (unpaired) electrons. The molecule has 0 bridgehead atoms. The van der Waals surface area contributed by atoms with Crippen LogP contribution >= 0.6 is 0 Å². The van der Waals surface area contributed by atoms with Crippen LogP contribution in [0.3, 0.4) is 0 Å². The molecule has 65 heavy (non-hydrogen) atoms. The smallest absolute Gasteiger partial charge is 0.407 e. The highest BCUT2D eigenvalue weighted by molar-refractivity contribution is 5.89. The molecule has 0 aliphatic heterocycles. The number of ether oxygens (including phenoxy) is 3. The molecule has 17 heteroatoms. The van der Waals surface area contributed by atoms with Gasteiger partial charge in [0.1, 0.15) is 24.2 Å². The minimum absolute atomic E-state index is 0.0471. The van der Waals surface area contributed by atoms with Crippen LogP contribution < -0.4 is 32.4 Å². The topological polar surface area (TPSA) is 232 Å². The molecule has 0 spiro atoms. The van der Waals surface area contributed by atoms with Crippen molar-refractivity contribution in [3.8, 4) is 11.3 Å². The van der Waals surface area contributed by atoms with Gasteiger partial charge in [0.15, 0.2) is 0 Å². The molecule has 5 amide bonds. The number of hydrogen-bond acceptors (Lipinski definition) is 12. The number of carbonyl (C=O) groups excluding carboxylic acids is 6. The van der Waals surface area contributed by atoms with Crippen LogP contribution in [0.4, 0.5) is 9.59 Å². The monoisotopic (exact) mass is 903 g/mol. The third-order valence-corrected chi connectivity index (χ3v) is 10.7. The number of nitrogens with zero attached hydrogens (tertiary/aromatic N) is 2. The van der Waals surface area contributed by atoms with Gasteiger partial charge in [-0.1, -0.05) is 130 Å². The van der Waals surface area contributed by atoms with Crippen molar-refractivity contribution in [1.29, 1.82) is 0 Å². The number of nitrogens with one attached hydrogen (secondary N) is 5. The maximum absolute atomic E-state index is 14.5. The van der Waals surface area contributed by atoms with Crippen LogP contribution in [0.2, 0.25) is 0 Å². The van der Waals surface area contributed by atoms with Crippen LogP contribution in [0.25, 0.3) is 11.3 Å². The van der Waals surface area contributed by atoms with Crippen LogP contribution in [-0.2, 0) is 46.4 Å². The molecule has 1 heterocycles. The molecule has 7 N–H and O–H groups in total. The Hall–Kier alpha value is -6.07. The average molecular weight is 903 g/mol. The molecule has 17 nitrogen and oxygen atoms in total. The van der Waals surface area contributed by atoms with Crippen molar-refractivity contribution in [2.75, 3.05) is 20.8 Å². The van der Waals surface area contributed by atoms with E-state index in [1.54, 1.807) is 80.4 Å². The van der Waals surface area contributed by atoms with E-state index in [1.807, 2.05) is 72.8 Å². The Bertz CT molecular complexity index is 2020. The Labute approximate surface area is 383 Å². The van der Waals surface area contributed by atoms with Crippen LogP contribution in [-0.4, -0.2) is 103 Å². The van der Waals surface area contributed by atoms with E-state index in [0.717, 1.165) is 22.4 Å². The first-order chi connectivity index (χ1) is 30.4. The summed E-state index contributed by atoms with van der Waals surface area (Å²) in [5, 5.41) is 12.6. The lowest BCUT2D eigenvalue weighted by Gasteiger charge is -2.37. The Balaban J connectivity index is 2.25. The van der Waals surface area contributed by atoms with Crippen LogP contribution in [0.15, 0.2) is 79.0 Å². The highest BCUT2D eigenvalue weighted by atomic mass is 16.6. The number of amides is 5. The molecule has 6 atom stereocenters. The van der Waals surface area contributed by atoms with E-state index in [4.69, 9.17) is 19.9 Å². The first kappa shape index (κ1) is 53.3. The van der Waals surface area contributed by atoms with Crippen molar-refractivity contribution in [3.63, 3.8) is 0 Å². The van der Waals surface area contributed by atoms with E-state index < -0.39 is 88.9 Å². The molecule has 356 valence electrons. The normalized spacial score (nSPS) is 14.5. The molecule has 3 rings (SSSR count). The van der Waals surface area contributed by atoms with Gasteiger partial charge >= 0.3 is 18.2 Å². The zero-order valence-corrected chi connectivity index (χ0v) is 39.9. The predicted octanol–water partition coefficient (Wildman–Crippen LogP) is 4.89. The summed E-state index contributed by atoms with van der Waals surface area (Å²) in [6, 6.07) is 17.0. The van der Waals surface area contributed by atoms with Gasteiger partial charge in [-0.05, 0) is 52.3 Å². The fourth-order valence-corrected chi connectivity index (χ4v) is 6.76. The van der Waals surface area contributed by atoms with E-state index >= 15 is 0 Å². The zero-order valence-electron chi connectivity index (χ0n) is 39.9. The summed E-state index contributed by atoms with van der Waals surface area (Å²) >= 11 is 0. The van der Waals surface area contributed by atoms with E-state index in [0.29, 0.717) is 0 Å². The predicted molar refractivity (Wildman–Crippen MR) is 247 cm³/mol. The summed E-state index contributed by atoms with van der Waals surface area (Å²) in [6.45, 7) is 17.6. The van der Waals surface area contributed by atoms with Crippen LogP contribution in [0.1, 0.15) is 80.4 Å². The summed E-state index contributed by atoms with van der Waals surface area (Å²) in [5.74, 6) is -3.25. The Morgan fingerprint density at radius 1 is 0.662 bits per heavy atom. The van der Waals surface area contributed by atoms with Gasteiger partial charge in [0.25, 0.3) is 5.91 Å². The lowest BCUT2D eigenvalue weighted by atomic mass is 9.85. The molecule has 0 unspecified atom stereocenters. The molecule has 2 aromatic carbocycles. The SMILES string of the molecule is COC(=O)N[C@H](C(=O)N[C@@H](Cc1ccccc1)[C@H](CN(Cc1ccc(-c2ccccn2)cc1)NC(=O)[C@@H](NC(=O)OC)C(C)(C)C)OC(=O)[C@H](NC(=O)[C@H](N)C(C)C)C(C)C)C(C)(C)C. The Morgan fingerprint density at radius 2 is 1.22 bits per heavy atom. The maximum atomic E-state index is 14.5. The minimum Gasteiger partial charge on any atom is -0.457 e. The van der Waals surface area contributed by atoms with Gasteiger partial charge in [-0.15, -0.1) is 0 Å². The van der Waals surface area contributed by atoms with Crippen molar-refractivity contribution < 1.29 is 43.0 Å². The lowest BCUT2D eigenvalue weighted by molar-refractivity contribution is -0.159. The summed E-state index contributed by atoms with van der Waals surface area (Å²) in [6.07, 6.45) is -1.08. The second-order valence-corrected chi connectivity index (χ2v) is 18.9. The number of rotatable bonds is 20. The van der Waals surface area contributed by atoms with Crippen molar-refractivity contribution >= 4 is 35.9 Å². The lowest BCUT2D eigenvalue weighted by Crippen LogP contribution is -2.62. The second kappa shape index (κ2) is 24.3. The van der Waals surface area contributed by atoms with Gasteiger partial charge in [-0.25, -0.2) is 19.4 Å². The number of methoxy groups -OCH3 is 2. The zero-order chi connectivity index (χ0) is 48.6. The first-order valence-corrected chi connectivity index (χ1v) is 21.8. The fourth-order valence-electron chi connectivity index (χ4n) is 6.76. The first-order valence-electron chi connectivity index (χ1n) is 21.8. The van der Waals surface area contributed by atoms with E-state index in [-0.39, 0.29) is 25.4 Å². The Morgan fingerprint density at radius 3 is 1.71 bits per heavy atom. The third kappa shape index (κ3) is 16.8. The average Bonchev–Trinajstić information content (AvgIpc) is 3.25. The van der Waals surface area contributed by atoms with Gasteiger partial charge in [-0.3, -0.25) is 24.8 Å². The van der Waals surface area contributed by atoms with Crippen molar-refractivity contribution in [2.24, 2.45) is 28.4 Å². The van der Waals surface area contributed by atoms with Gasteiger partial charge < -0.3 is 41.2 Å². The summed E-state index contributed by atoms with van der Waals surface area (Å²) < 4.78 is 16.2. The largest absolute Gasteiger partial charge is 0.457 e. The van der Waals surface area contributed by atoms with Crippen LogP contribution in [0.5, 0.6) is 0 Å². The maximum Gasteiger partial charge on any atom is 0.407 e. The van der Waals surface area contributed by atoms with Gasteiger partial charge in [0, 0.05) is 18.3 Å². The standard InChI is InChI=1S/C48H70N8O9/c1-29(2)37(49)41(57)52-38(30(3)4)44(60)65-36(35(26-31-18-14-13-15-19-31)51-42(58)39(47(5,6)7)53-45(61)63-11)28-56(55-43(59)40(48(8,9)10)54-46(62)64-12)27-32-21-23-33(24-22-32)34-20-16-17-25-50-34/h13-25,29-30,35-40H,26-28,49H2,1-12H3,(H,51,58)(H,52,57)(H,53,61)(H,54,62)(H,55,59)/t35-,36-,37+,38+,39+,40+/m0/s1. The summed E-state index contributed by atoms with van der Waals surface area (Å²) in [7, 11) is 2.39. The number of nitrogens with two attached hydrogens (primary N) is 1. The highest BCUT2D eigenvalue weighted by Gasteiger charge is 2.40. The Kier molecular flexibility index (Phi) is 19.9. The minimum atomic E-state index is -1.25. The van der Waals surface area contributed by atoms with Gasteiger partial charge in [-0.2, -0.15) is 0 Å². The quantitative estimate of drug-likeness (QED) is 0.0506. The molecule has 0 saturated carbocycles. The summed E-state index contributed by atoms with van der Waals surface area (Å²) in [5.41, 5.74) is 10.6. The molecule has 0 fully saturated rings. The second-order valence-electron chi connectivity index (χ2n) is 18.9. The number of aromatic nitrogens is 1. The number of alkyl carbamates (subject to hydrolysis) is 2. The number of benzene rings is 2. The number of hydrogen-bond donors (Lipinski definition) is 6.